The predicted octanol–water partition coefficient (Wildman–Crippen LogP) is -1.13. The summed E-state index contributed by atoms with van der Waals surface area (Å²) in [6.07, 6.45) is -3.61. The molecule has 0 aliphatic carbocycles. The molecule has 0 bridgehead atoms. The Morgan fingerprint density at radius 3 is 2.44 bits per heavy atom. The first-order chi connectivity index (χ1) is 8.29. The van der Waals surface area contributed by atoms with Crippen LogP contribution in [0, 0.1) is 0 Å². The van der Waals surface area contributed by atoms with Gasteiger partial charge in [-0.15, -0.1) is 0 Å². The standard InChI is InChI=1S/C8H16O9S/c1-8(14-3)7(16-18(11,12)17-10)6(9)5(13-2)4-15-8/h5-7,9-10H,4H2,1-3H3. The first kappa shape index (κ1) is 15.7. The molecule has 0 amide bonds. The third-order valence-electron chi connectivity index (χ3n) is 2.76. The van der Waals surface area contributed by atoms with Crippen LogP contribution < -0.4 is 0 Å². The van der Waals surface area contributed by atoms with Crippen molar-refractivity contribution in [1.82, 2.24) is 0 Å². The van der Waals surface area contributed by atoms with Crippen LogP contribution in [0.3, 0.4) is 0 Å². The van der Waals surface area contributed by atoms with Crippen LogP contribution >= 0.6 is 0 Å². The van der Waals surface area contributed by atoms with Crippen molar-refractivity contribution in [2.75, 3.05) is 20.8 Å². The molecule has 0 aromatic heterocycles. The highest BCUT2D eigenvalue weighted by atomic mass is 32.3. The lowest BCUT2D eigenvalue weighted by Crippen LogP contribution is -2.62. The van der Waals surface area contributed by atoms with Crippen LogP contribution in [0.25, 0.3) is 0 Å². The fourth-order valence-corrected chi connectivity index (χ4v) is 2.18. The number of hydrogen-bond acceptors (Lipinski definition) is 9. The van der Waals surface area contributed by atoms with E-state index in [1.54, 1.807) is 0 Å². The van der Waals surface area contributed by atoms with Gasteiger partial charge < -0.3 is 19.3 Å². The largest absolute Gasteiger partial charge is 0.426 e. The molecule has 10 heteroatoms. The second kappa shape index (κ2) is 5.75. The molecule has 0 saturated carbocycles. The van der Waals surface area contributed by atoms with Crippen molar-refractivity contribution < 1.29 is 41.5 Å². The van der Waals surface area contributed by atoms with E-state index in [2.05, 4.69) is 8.52 Å². The minimum Gasteiger partial charge on any atom is -0.387 e. The van der Waals surface area contributed by atoms with E-state index in [1.165, 1.54) is 21.1 Å². The molecule has 1 aliphatic rings. The third-order valence-corrected chi connectivity index (χ3v) is 3.39. The summed E-state index contributed by atoms with van der Waals surface area (Å²) in [5.74, 6) is -1.53. The molecule has 2 N–H and O–H groups in total. The van der Waals surface area contributed by atoms with E-state index in [4.69, 9.17) is 19.5 Å². The Morgan fingerprint density at radius 1 is 1.39 bits per heavy atom. The minimum absolute atomic E-state index is 0.0120. The zero-order valence-corrected chi connectivity index (χ0v) is 10.9. The third kappa shape index (κ3) is 3.16. The lowest BCUT2D eigenvalue weighted by molar-refractivity contribution is -0.320. The molecule has 4 atom stereocenters. The monoisotopic (exact) mass is 288 g/mol. The van der Waals surface area contributed by atoms with Crippen molar-refractivity contribution in [3.05, 3.63) is 0 Å². The van der Waals surface area contributed by atoms with E-state index in [0.717, 1.165) is 0 Å². The Labute approximate surface area is 104 Å². The van der Waals surface area contributed by atoms with Gasteiger partial charge in [-0.2, -0.15) is 8.42 Å². The highest BCUT2D eigenvalue weighted by Crippen LogP contribution is 2.31. The topological polar surface area (TPSA) is 121 Å². The second-order valence-electron chi connectivity index (χ2n) is 3.80. The first-order valence-electron chi connectivity index (χ1n) is 4.96. The van der Waals surface area contributed by atoms with Crippen LogP contribution in [0.15, 0.2) is 0 Å². The SMILES string of the molecule is COC1COC(C)(OC)C(OS(=O)(=O)OO)C1O. The average molecular weight is 288 g/mol. The van der Waals surface area contributed by atoms with E-state index in [9.17, 15) is 13.5 Å². The molecule has 1 heterocycles. The van der Waals surface area contributed by atoms with Gasteiger partial charge in [0.2, 0.25) is 0 Å². The molecule has 108 valence electrons. The molecule has 0 aromatic rings. The smallest absolute Gasteiger partial charge is 0.387 e. The van der Waals surface area contributed by atoms with Crippen molar-refractivity contribution in [3.8, 4) is 0 Å². The van der Waals surface area contributed by atoms with E-state index in [-0.39, 0.29) is 6.61 Å². The van der Waals surface area contributed by atoms with Crippen LogP contribution in [-0.2, 0) is 33.1 Å². The summed E-state index contributed by atoms with van der Waals surface area (Å²) < 4.78 is 44.9. The zero-order chi connectivity index (χ0) is 14.0. The molecule has 9 nitrogen and oxygen atoms in total. The van der Waals surface area contributed by atoms with Gasteiger partial charge in [0.15, 0.2) is 11.9 Å². The second-order valence-corrected chi connectivity index (χ2v) is 4.95. The molecule has 18 heavy (non-hydrogen) atoms. The number of hydrogen-bond donors (Lipinski definition) is 2. The van der Waals surface area contributed by atoms with Crippen LogP contribution in [0.4, 0.5) is 0 Å². The van der Waals surface area contributed by atoms with Gasteiger partial charge in [-0.3, -0.25) is 0 Å². The molecule has 0 aromatic carbocycles. The fourth-order valence-electron chi connectivity index (χ4n) is 1.60. The molecule has 1 saturated heterocycles. The Kier molecular flexibility index (Phi) is 5.03. The molecule has 1 aliphatic heterocycles. The van der Waals surface area contributed by atoms with Gasteiger partial charge in [0.05, 0.1) is 6.61 Å². The average Bonchev–Trinajstić information content (AvgIpc) is 2.35. The van der Waals surface area contributed by atoms with Gasteiger partial charge in [-0.25, -0.2) is 9.44 Å². The quantitative estimate of drug-likeness (QED) is 0.478. The van der Waals surface area contributed by atoms with Crippen LogP contribution in [-0.4, -0.2) is 63.7 Å². The lowest BCUT2D eigenvalue weighted by atomic mass is 9.98. The van der Waals surface area contributed by atoms with Gasteiger partial charge in [-0.1, -0.05) is 4.33 Å². The van der Waals surface area contributed by atoms with Gasteiger partial charge in [-0.05, 0) is 6.92 Å². The van der Waals surface area contributed by atoms with E-state index in [0.29, 0.717) is 0 Å². The number of aliphatic hydroxyl groups excluding tert-OH is 1. The fraction of sp³-hybridized carbons (Fsp3) is 1.00. The maximum absolute atomic E-state index is 11.1. The summed E-state index contributed by atoms with van der Waals surface area (Å²) in [5.41, 5.74) is 0. The molecule has 4 unspecified atom stereocenters. The number of rotatable bonds is 5. The number of aliphatic hydroxyl groups is 1. The Balaban J connectivity index is 2.98. The minimum atomic E-state index is -4.68. The van der Waals surface area contributed by atoms with Gasteiger partial charge in [0, 0.05) is 14.2 Å². The van der Waals surface area contributed by atoms with Crippen LogP contribution in [0.1, 0.15) is 6.92 Å². The Hall–Kier alpha value is -0.330. The maximum atomic E-state index is 11.1. The van der Waals surface area contributed by atoms with E-state index < -0.39 is 34.5 Å². The van der Waals surface area contributed by atoms with Crippen molar-refractivity contribution in [3.63, 3.8) is 0 Å². The van der Waals surface area contributed by atoms with Gasteiger partial charge in [0.1, 0.15) is 12.2 Å². The van der Waals surface area contributed by atoms with Crippen molar-refractivity contribution >= 4 is 10.4 Å². The Bertz CT molecular complexity index is 369. The van der Waals surface area contributed by atoms with Crippen LogP contribution in [0.2, 0.25) is 0 Å². The summed E-state index contributed by atoms with van der Waals surface area (Å²) in [6.45, 7) is 1.36. The number of methoxy groups -OCH3 is 2. The van der Waals surface area contributed by atoms with Gasteiger partial charge in [0.25, 0.3) is 0 Å². The summed E-state index contributed by atoms with van der Waals surface area (Å²) in [7, 11) is -2.11. The van der Waals surface area contributed by atoms with Crippen molar-refractivity contribution in [2.24, 2.45) is 0 Å². The summed E-state index contributed by atoms with van der Waals surface area (Å²) >= 11 is 0. The molecular weight excluding hydrogens is 272 g/mol. The summed E-state index contributed by atoms with van der Waals surface area (Å²) in [6, 6.07) is 0. The van der Waals surface area contributed by atoms with Crippen molar-refractivity contribution in [1.29, 1.82) is 0 Å². The lowest BCUT2D eigenvalue weighted by Gasteiger charge is -2.44. The van der Waals surface area contributed by atoms with E-state index >= 15 is 0 Å². The van der Waals surface area contributed by atoms with Crippen molar-refractivity contribution in [2.45, 2.75) is 31.0 Å². The highest BCUT2D eigenvalue weighted by Gasteiger charge is 2.51. The van der Waals surface area contributed by atoms with E-state index in [1.807, 2.05) is 0 Å². The maximum Gasteiger partial charge on any atom is 0.426 e. The first-order valence-corrected chi connectivity index (χ1v) is 6.29. The Morgan fingerprint density at radius 2 is 2.00 bits per heavy atom. The summed E-state index contributed by atoms with van der Waals surface area (Å²) in [5, 5.41) is 18.1. The molecular formula is C8H16O9S. The van der Waals surface area contributed by atoms with Crippen LogP contribution in [0.5, 0.6) is 0 Å². The summed E-state index contributed by atoms with van der Waals surface area (Å²) in [4.78, 5) is 0. The molecule has 0 spiro atoms. The normalized spacial score (nSPS) is 37.7. The molecule has 1 rings (SSSR count). The molecule has 1 fully saturated rings. The highest BCUT2D eigenvalue weighted by molar-refractivity contribution is 7.81. The predicted molar refractivity (Wildman–Crippen MR) is 55.7 cm³/mol. The molecule has 0 radical (unpaired) electrons. The zero-order valence-electron chi connectivity index (χ0n) is 10.1. The van der Waals surface area contributed by atoms with Gasteiger partial charge >= 0.3 is 10.4 Å². The number of ether oxygens (including phenoxy) is 3.